The molecule has 0 spiro atoms. The highest BCUT2D eigenvalue weighted by molar-refractivity contribution is 5.97. The van der Waals surface area contributed by atoms with Crippen molar-refractivity contribution in [1.29, 1.82) is 0 Å². The van der Waals surface area contributed by atoms with Crippen LogP contribution < -0.4 is 9.47 Å². The predicted molar refractivity (Wildman–Crippen MR) is 99.0 cm³/mol. The molecule has 134 valence electrons. The lowest BCUT2D eigenvalue weighted by molar-refractivity contribution is -0.135. The van der Waals surface area contributed by atoms with Gasteiger partial charge in [0.1, 0.15) is 11.5 Å². The SMILES string of the molecule is CCCCC(=O)Oc1cc(C)c(OC(=O)CCCC)c2ccccc12. The summed E-state index contributed by atoms with van der Waals surface area (Å²) < 4.78 is 11.2. The number of esters is 2. The molecule has 2 aromatic carbocycles. The third kappa shape index (κ3) is 5.05. The molecule has 0 amide bonds. The van der Waals surface area contributed by atoms with E-state index in [1.807, 2.05) is 45.0 Å². The van der Waals surface area contributed by atoms with Gasteiger partial charge in [0.15, 0.2) is 0 Å². The Balaban J connectivity index is 2.33. The van der Waals surface area contributed by atoms with Gasteiger partial charge in [-0.25, -0.2) is 0 Å². The van der Waals surface area contributed by atoms with E-state index in [-0.39, 0.29) is 11.9 Å². The average molecular weight is 342 g/mol. The van der Waals surface area contributed by atoms with Crippen molar-refractivity contribution in [2.75, 3.05) is 0 Å². The topological polar surface area (TPSA) is 52.6 Å². The van der Waals surface area contributed by atoms with Crippen molar-refractivity contribution in [1.82, 2.24) is 0 Å². The summed E-state index contributed by atoms with van der Waals surface area (Å²) in [5.41, 5.74) is 0.779. The standard InChI is InChI=1S/C21H26O4/c1-4-6-12-19(22)24-18-14-15(3)21(25-20(23)13-7-5-2)17-11-9-8-10-16(17)18/h8-11,14H,4-7,12-13H2,1-3H3. The molecule has 0 unspecified atom stereocenters. The Morgan fingerprint density at radius 2 is 1.44 bits per heavy atom. The van der Waals surface area contributed by atoms with Gasteiger partial charge in [-0.2, -0.15) is 0 Å². The lowest BCUT2D eigenvalue weighted by Crippen LogP contribution is -2.10. The number of unbranched alkanes of at least 4 members (excludes halogenated alkanes) is 2. The normalized spacial score (nSPS) is 10.7. The Morgan fingerprint density at radius 3 is 2.04 bits per heavy atom. The molecular weight excluding hydrogens is 316 g/mol. The first-order valence-corrected chi connectivity index (χ1v) is 9.00. The Morgan fingerprint density at radius 1 is 0.880 bits per heavy atom. The highest BCUT2D eigenvalue weighted by Gasteiger charge is 2.16. The first-order chi connectivity index (χ1) is 12.1. The van der Waals surface area contributed by atoms with Crippen molar-refractivity contribution in [2.45, 2.75) is 59.3 Å². The number of hydrogen-bond acceptors (Lipinski definition) is 4. The average Bonchev–Trinajstić information content (AvgIpc) is 2.61. The van der Waals surface area contributed by atoms with E-state index in [1.165, 1.54) is 0 Å². The zero-order valence-corrected chi connectivity index (χ0v) is 15.3. The van der Waals surface area contributed by atoms with Crippen LogP contribution in [0.15, 0.2) is 30.3 Å². The van der Waals surface area contributed by atoms with Crippen LogP contribution in [0.4, 0.5) is 0 Å². The summed E-state index contributed by atoms with van der Waals surface area (Å²) >= 11 is 0. The van der Waals surface area contributed by atoms with Gasteiger partial charge in [-0.1, -0.05) is 51.0 Å². The van der Waals surface area contributed by atoms with Crippen LogP contribution in [-0.4, -0.2) is 11.9 Å². The van der Waals surface area contributed by atoms with Crippen LogP contribution in [0.25, 0.3) is 10.8 Å². The van der Waals surface area contributed by atoms with Gasteiger partial charge in [0.05, 0.1) is 0 Å². The van der Waals surface area contributed by atoms with Crippen LogP contribution in [0, 0.1) is 6.92 Å². The second kappa shape index (κ2) is 9.21. The van der Waals surface area contributed by atoms with Crippen LogP contribution in [0.1, 0.15) is 57.9 Å². The molecule has 0 radical (unpaired) electrons. The van der Waals surface area contributed by atoms with Gasteiger partial charge in [-0.3, -0.25) is 9.59 Å². The maximum absolute atomic E-state index is 12.0. The van der Waals surface area contributed by atoms with Crippen molar-refractivity contribution >= 4 is 22.7 Å². The van der Waals surface area contributed by atoms with E-state index < -0.39 is 0 Å². The van der Waals surface area contributed by atoms with Crippen LogP contribution in [0.5, 0.6) is 11.5 Å². The second-order valence-corrected chi connectivity index (χ2v) is 6.22. The monoisotopic (exact) mass is 342 g/mol. The molecule has 0 heterocycles. The summed E-state index contributed by atoms with van der Waals surface area (Å²) in [7, 11) is 0. The first-order valence-electron chi connectivity index (χ1n) is 9.00. The van der Waals surface area contributed by atoms with Crippen molar-refractivity contribution < 1.29 is 19.1 Å². The predicted octanol–water partition coefficient (Wildman–Crippen LogP) is 5.34. The Kier molecular flexibility index (Phi) is 6.99. The molecule has 0 aromatic heterocycles. The van der Waals surface area contributed by atoms with Crippen molar-refractivity contribution in [3.8, 4) is 11.5 Å². The van der Waals surface area contributed by atoms with E-state index in [0.29, 0.717) is 24.3 Å². The van der Waals surface area contributed by atoms with Gasteiger partial charge in [0.2, 0.25) is 0 Å². The van der Waals surface area contributed by atoms with Crippen LogP contribution in [0.3, 0.4) is 0 Å². The summed E-state index contributed by atoms with van der Waals surface area (Å²) in [5, 5.41) is 1.56. The lowest BCUT2D eigenvalue weighted by Gasteiger charge is -2.14. The smallest absolute Gasteiger partial charge is 0.311 e. The van der Waals surface area contributed by atoms with Gasteiger partial charge < -0.3 is 9.47 Å². The van der Waals surface area contributed by atoms with Crippen LogP contribution in [0.2, 0.25) is 0 Å². The molecule has 25 heavy (non-hydrogen) atoms. The molecule has 4 nitrogen and oxygen atoms in total. The maximum Gasteiger partial charge on any atom is 0.311 e. The van der Waals surface area contributed by atoms with Crippen LogP contribution >= 0.6 is 0 Å². The fourth-order valence-corrected chi connectivity index (χ4v) is 2.65. The molecule has 0 aliphatic carbocycles. The van der Waals surface area contributed by atoms with E-state index in [9.17, 15) is 9.59 Å². The number of hydrogen-bond donors (Lipinski definition) is 0. The molecule has 0 fully saturated rings. The fourth-order valence-electron chi connectivity index (χ4n) is 2.65. The van der Waals surface area contributed by atoms with E-state index in [0.717, 1.165) is 42.0 Å². The number of carbonyl (C=O) groups excluding carboxylic acids is 2. The van der Waals surface area contributed by atoms with Gasteiger partial charge >= 0.3 is 11.9 Å². The quantitative estimate of drug-likeness (QED) is 0.480. The van der Waals surface area contributed by atoms with Crippen molar-refractivity contribution in [2.24, 2.45) is 0 Å². The van der Waals surface area contributed by atoms with Crippen LogP contribution in [-0.2, 0) is 9.59 Å². The molecule has 0 saturated heterocycles. The summed E-state index contributed by atoms with van der Waals surface area (Å²) in [6.07, 6.45) is 4.31. The van der Waals surface area contributed by atoms with E-state index in [1.54, 1.807) is 6.07 Å². The van der Waals surface area contributed by atoms with E-state index in [4.69, 9.17) is 9.47 Å². The second-order valence-electron chi connectivity index (χ2n) is 6.22. The largest absolute Gasteiger partial charge is 0.426 e. The number of ether oxygens (including phenoxy) is 2. The highest BCUT2D eigenvalue weighted by Crippen LogP contribution is 2.37. The summed E-state index contributed by atoms with van der Waals surface area (Å²) in [6, 6.07) is 9.29. The molecule has 0 atom stereocenters. The lowest BCUT2D eigenvalue weighted by atomic mass is 10.0. The molecule has 0 saturated carbocycles. The highest BCUT2D eigenvalue weighted by atomic mass is 16.5. The third-order valence-electron chi connectivity index (χ3n) is 4.05. The van der Waals surface area contributed by atoms with Crippen molar-refractivity contribution in [3.63, 3.8) is 0 Å². The molecule has 2 aromatic rings. The molecule has 0 bridgehead atoms. The van der Waals surface area contributed by atoms with E-state index >= 15 is 0 Å². The fraction of sp³-hybridized carbons (Fsp3) is 0.429. The molecule has 0 aliphatic rings. The number of benzene rings is 2. The Labute approximate surface area is 149 Å². The third-order valence-corrected chi connectivity index (χ3v) is 4.05. The number of fused-ring (bicyclic) bond motifs is 1. The Bertz CT molecular complexity index is 749. The minimum Gasteiger partial charge on any atom is -0.426 e. The number of carbonyl (C=O) groups is 2. The number of rotatable bonds is 8. The summed E-state index contributed by atoms with van der Waals surface area (Å²) in [6.45, 7) is 5.93. The molecule has 0 aliphatic heterocycles. The molecule has 0 N–H and O–H groups in total. The van der Waals surface area contributed by atoms with Crippen molar-refractivity contribution in [3.05, 3.63) is 35.9 Å². The zero-order valence-electron chi connectivity index (χ0n) is 15.3. The zero-order chi connectivity index (χ0) is 18.2. The number of aryl methyl sites for hydroxylation is 1. The van der Waals surface area contributed by atoms with Gasteiger partial charge in [-0.15, -0.1) is 0 Å². The minimum absolute atomic E-state index is 0.234. The summed E-state index contributed by atoms with van der Waals surface area (Å²) in [4.78, 5) is 24.0. The maximum atomic E-state index is 12.0. The summed E-state index contributed by atoms with van der Waals surface area (Å²) in [5.74, 6) is 0.592. The molecule has 2 rings (SSSR count). The van der Waals surface area contributed by atoms with E-state index in [2.05, 4.69) is 0 Å². The molecular formula is C21H26O4. The Hall–Kier alpha value is -2.36. The van der Waals surface area contributed by atoms with Gasteiger partial charge in [-0.05, 0) is 31.4 Å². The minimum atomic E-state index is -0.237. The first kappa shape index (κ1) is 19.0. The molecule has 4 heteroatoms. The van der Waals surface area contributed by atoms with Gasteiger partial charge in [0.25, 0.3) is 0 Å². The van der Waals surface area contributed by atoms with Gasteiger partial charge in [0, 0.05) is 23.6 Å².